The van der Waals surface area contributed by atoms with Gasteiger partial charge in [-0.2, -0.15) is 0 Å². The Labute approximate surface area is 122 Å². The van der Waals surface area contributed by atoms with Crippen LogP contribution in [0.1, 0.15) is 22.6 Å². The van der Waals surface area contributed by atoms with Gasteiger partial charge in [-0.3, -0.25) is 9.69 Å². The monoisotopic (exact) mass is 290 g/mol. The van der Waals surface area contributed by atoms with Crippen molar-refractivity contribution in [1.29, 1.82) is 0 Å². The zero-order valence-electron chi connectivity index (χ0n) is 11.3. The van der Waals surface area contributed by atoms with Crippen molar-refractivity contribution in [3.05, 3.63) is 21.9 Å². The molecule has 2 saturated heterocycles. The summed E-state index contributed by atoms with van der Waals surface area (Å²) in [4.78, 5) is 16.4. The van der Waals surface area contributed by atoms with Gasteiger partial charge in [0.05, 0.1) is 10.8 Å². The van der Waals surface area contributed by atoms with Gasteiger partial charge in [-0.25, -0.2) is 0 Å². The molecule has 2 fully saturated rings. The van der Waals surface area contributed by atoms with Crippen molar-refractivity contribution < 1.29 is 9.90 Å². The Balaban J connectivity index is 1.68. The second-order valence-corrected chi connectivity index (χ2v) is 6.43. The fraction of sp³-hybridized carbons (Fsp3) is 0.533. The van der Waals surface area contributed by atoms with Crippen LogP contribution in [0, 0.1) is 17.8 Å². The Bertz CT molecular complexity index is 558. The molecule has 5 heteroatoms. The quantitative estimate of drug-likeness (QED) is 0.792. The fourth-order valence-corrected chi connectivity index (χ4v) is 4.00. The highest BCUT2D eigenvalue weighted by atomic mass is 32.1. The molecule has 0 aliphatic carbocycles. The Kier molecular flexibility index (Phi) is 4.06. The summed E-state index contributed by atoms with van der Waals surface area (Å²) in [7, 11) is 0. The number of thiophene rings is 1. The summed E-state index contributed by atoms with van der Waals surface area (Å²) in [6.07, 6.45) is 2.11. The van der Waals surface area contributed by atoms with Gasteiger partial charge >= 0.3 is 0 Å². The van der Waals surface area contributed by atoms with Crippen LogP contribution in [0.5, 0.6) is 0 Å². The average molecular weight is 290 g/mol. The number of nitrogens with one attached hydrogen (secondary N) is 1. The van der Waals surface area contributed by atoms with Crippen molar-refractivity contribution >= 4 is 17.2 Å². The SMILES string of the molecule is O=C1NCC2C1CCCN2Cc1ccc(C#CCO)s1. The third-order valence-corrected chi connectivity index (χ3v) is 5.01. The normalized spacial score (nSPS) is 25.8. The van der Waals surface area contributed by atoms with Crippen LogP contribution in [-0.4, -0.2) is 41.7 Å². The van der Waals surface area contributed by atoms with Crippen LogP contribution in [-0.2, 0) is 11.3 Å². The van der Waals surface area contributed by atoms with Gasteiger partial charge in [0.15, 0.2) is 0 Å². The number of likely N-dealkylation sites (tertiary alicyclic amines) is 1. The van der Waals surface area contributed by atoms with Crippen LogP contribution in [0.3, 0.4) is 0 Å². The molecule has 4 nitrogen and oxygen atoms in total. The van der Waals surface area contributed by atoms with Crippen LogP contribution >= 0.6 is 11.3 Å². The molecule has 3 heterocycles. The number of carbonyl (C=O) groups excluding carboxylic acids is 1. The highest BCUT2D eigenvalue weighted by Gasteiger charge is 2.40. The lowest BCUT2D eigenvalue weighted by molar-refractivity contribution is -0.124. The largest absolute Gasteiger partial charge is 0.384 e. The molecule has 0 spiro atoms. The molecule has 3 rings (SSSR count). The predicted octanol–water partition coefficient (Wildman–Crippen LogP) is 0.802. The van der Waals surface area contributed by atoms with Crippen LogP contribution in [0.15, 0.2) is 12.1 Å². The molecule has 2 atom stereocenters. The van der Waals surface area contributed by atoms with E-state index in [1.165, 1.54) is 4.88 Å². The Morgan fingerprint density at radius 1 is 1.50 bits per heavy atom. The number of fused-ring (bicyclic) bond motifs is 1. The van der Waals surface area contributed by atoms with Crippen molar-refractivity contribution in [3.63, 3.8) is 0 Å². The van der Waals surface area contributed by atoms with Gasteiger partial charge in [-0.15, -0.1) is 11.3 Å². The summed E-state index contributed by atoms with van der Waals surface area (Å²) in [6, 6.07) is 4.45. The molecule has 1 amide bonds. The molecule has 1 aromatic heterocycles. The molecule has 0 saturated carbocycles. The van der Waals surface area contributed by atoms with Crippen molar-refractivity contribution in [2.75, 3.05) is 19.7 Å². The summed E-state index contributed by atoms with van der Waals surface area (Å²) in [5, 5.41) is 11.7. The summed E-state index contributed by atoms with van der Waals surface area (Å²) in [5.41, 5.74) is 0. The van der Waals surface area contributed by atoms with Crippen molar-refractivity contribution in [2.24, 2.45) is 5.92 Å². The first-order valence-electron chi connectivity index (χ1n) is 6.98. The molecule has 106 valence electrons. The van der Waals surface area contributed by atoms with E-state index in [1.54, 1.807) is 11.3 Å². The summed E-state index contributed by atoms with van der Waals surface area (Å²) in [6.45, 7) is 2.64. The lowest BCUT2D eigenvalue weighted by Crippen LogP contribution is -2.44. The van der Waals surface area contributed by atoms with Crippen molar-refractivity contribution in [1.82, 2.24) is 10.2 Å². The third kappa shape index (κ3) is 2.73. The number of aliphatic hydroxyl groups excluding tert-OH is 1. The molecule has 1 aromatic rings. The van der Waals surface area contributed by atoms with Crippen molar-refractivity contribution in [3.8, 4) is 11.8 Å². The van der Waals surface area contributed by atoms with E-state index in [1.807, 2.05) is 6.07 Å². The van der Waals surface area contributed by atoms with E-state index in [4.69, 9.17) is 5.11 Å². The second kappa shape index (κ2) is 5.96. The van der Waals surface area contributed by atoms with Gasteiger partial charge in [-0.1, -0.05) is 11.8 Å². The van der Waals surface area contributed by atoms with Crippen LogP contribution in [0.2, 0.25) is 0 Å². The lowest BCUT2D eigenvalue weighted by Gasteiger charge is -2.35. The first-order valence-corrected chi connectivity index (χ1v) is 7.80. The van der Waals surface area contributed by atoms with E-state index in [0.717, 1.165) is 37.4 Å². The number of nitrogens with zero attached hydrogens (tertiary/aromatic N) is 1. The third-order valence-electron chi connectivity index (χ3n) is 4.03. The van der Waals surface area contributed by atoms with E-state index in [0.29, 0.717) is 6.04 Å². The van der Waals surface area contributed by atoms with Crippen LogP contribution in [0.25, 0.3) is 0 Å². The van der Waals surface area contributed by atoms with E-state index in [2.05, 4.69) is 28.1 Å². The first-order chi connectivity index (χ1) is 9.78. The van der Waals surface area contributed by atoms with Gasteiger partial charge in [0.2, 0.25) is 5.91 Å². The number of rotatable bonds is 2. The molecule has 0 radical (unpaired) electrons. The van der Waals surface area contributed by atoms with Crippen LogP contribution < -0.4 is 5.32 Å². The average Bonchev–Trinajstić information content (AvgIpc) is 3.05. The van der Waals surface area contributed by atoms with Gasteiger partial charge in [0.1, 0.15) is 6.61 Å². The molecule has 0 aromatic carbocycles. The topological polar surface area (TPSA) is 52.6 Å². The number of hydrogen-bond acceptors (Lipinski definition) is 4. The van der Waals surface area contributed by atoms with Crippen LogP contribution in [0.4, 0.5) is 0 Å². The maximum Gasteiger partial charge on any atom is 0.224 e. The smallest absolute Gasteiger partial charge is 0.224 e. The molecular formula is C15H18N2O2S. The minimum atomic E-state index is -0.100. The standard InChI is InChI=1S/C15H18N2O2S/c18-8-2-3-11-5-6-12(20-11)10-17-7-1-4-13-14(17)9-16-15(13)19/h5-6,13-14,18H,1,4,7-10H2,(H,16,19). The number of carbonyl (C=O) groups is 1. The maximum atomic E-state index is 11.8. The fourth-order valence-electron chi connectivity index (χ4n) is 3.09. The number of aliphatic hydroxyl groups is 1. The molecular weight excluding hydrogens is 272 g/mol. The van der Waals surface area contributed by atoms with E-state index < -0.39 is 0 Å². The summed E-state index contributed by atoms with van der Waals surface area (Å²) >= 11 is 1.67. The Morgan fingerprint density at radius 3 is 3.25 bits per heavy atom. The Morgan fingerprint density at radius 2 is 2.40 bits per heavy atom. The zero-order valence-corrected chi connectivity index (χ0v) is 12.1. The second-order valence-electron chi connectivity index (χ2n) is 5.26. The van der Waals surface area contributed by atoms with Gasteiger partial charge < -0.3 is 10.4 Å². The zero-order chi connectivity index (χ0) is 13.9. The van der Waals surface area contributed by atoms with E-state index in [9.17, 15) is 4.79 Å². The van der Waals surface area contributed by atoms with Gasteiger partial charge in [-0.05, 0) is 31.5 Å². The molecule has 2 N–H and O–H groups in total. The highest BCUT2D eigenvalue weighted by molar-refractivity contribution is 7.12. The summed E-state index contributed by atoms with van der Waals surface area (Å²) in [5.74, 6) is 6.01. The molecule has 2 unspecified atom stereocenters. The predicted molar refractivity (Wildman–Crippen MR) is 78.2 cm³/mol. The molecule has 0 bridgehead atoms. The maximum absolute atomic E-state index is 11.8. The number of amides is 1. The number of hydrogen-bond donors (Lipinski definition) is 2. The van der Waals surface area contributed by atoms with Gasteiger partial charge in [0, 0.05) is 24.0 Å². The highest BCUT2D eigenvalue weighted by Crippen LogP contribution is 2.29. The molecule has 2 aliphatic rings. The van der Waals surface area contributed by atoms with Gasteiger partial charge in [0.25, 0.3) is 0 Å². The summed E-state index contributed by atoms with van der Waals surface area (Å²) < 4.78 is 0. The minimum Gasteiger partial charge on any atom is -0.384 e. The van der Waals surface area contributed by atoms with Crippen molar-refractivity contribution in [2.45, 2.75) is 25.4 Å². The molecule has 20 heavy (non-hydrogen) atoms. The number of piperidine rings is 1. The Hall–Kier alpha value is -1.35. The first kappa shape index (κ1) is 13.6. The van der Waals surface area contributed by atoms with E-state index in [-0.39, 0.29) is 18.4 Å². The molecule has 2 aliphatic heterocycles. The lowest BCUT2D eigenvalue weighted by atomic mass is 9.91. The van der Waals surface area contributed by atoms with E-state index >= 15 is 0 Å². The minimum absolute atomic E-state index is 0.100.